The number of imidazole rings is 1. The van der Waals surface area contributed by atoms with E-state index in [0.29, 0.717) is 28.3 Å². The van der Waals surface area contributed by atoms with E-state index < -0.39 is 29.9 Å². The zero-order valence-electron chi connectivity index (χ0n) is 25.8. The third-order valence-corrected chi connectivity index (χ3v) is 8.47. The van der Waals surface area contributed by atoms with Crippen LogP contribution in [0.15, 0.2) is 48.9 Å². The van der Waals surface area contributed by atoms with Crippen molar-refractivity contribution in [2.75, 3.05) is 44.6 Å². The van der Waals surface area contributed by atoms with Gasteiger partial charge >= 0.3 is 6.09 Å². The van der Waals surface area contributed by atoms with Gasteiger partial charge < -0.3 is 30.1 Å². The van der Waals surface area contributed by atoms with Crippen LogP contribution in [0.3, 0.4) is 0 Å². The van der Waals surface area contributed by atoms with E-state index in [4.69, 9.17) is 11.2 Å². The Hall–Kier alpha value is -5.75. The van der Waals surface area contributed by atoms with Gasteiger partial charge in [-0.3, -0.25) is 18.9 Å². The quantitative estimate of drug-likeness (QED) is 0.254. The number of carboxylic acid groups (broad SMARTS) is 1. The number of aliphatic hydroxyl groups is 1. The van der Waals surface area contributed by atoms with Crippen LogP contribution in [0.2, 0.25) is 0 Å². The van der Waals surface area contributed by atoms with Gasteiger partial charge in [-0.25, -0.2) is 19.2 Å². The van der Waals surface area contributed by atoms with Crippen molar-refractivity contribution in [1.29, 1.82) is 0 Å². The molecule has 0 saturated carbocycles. The molecular formula is C33H31F2N7O6. The lowest BCUT2D eigenvalue weighted by Crippen LogP contribution is -2.55. The number of β-amino-alcohol motifs (C(OH)–C–C–N with tert-alkyl or cyclic N) is 1. The summed E-state index contributed by atoms with van der Waals surface area (Å²) in [5.74, 6) is -0.604. The standard InChI is InChI=1S/C33H31F2N7O6/c1-3-14-48-26-7-6-23(27(34)28(26)35)25-17-37-30-29(36-8-9-41(25)30)38-20-4-5-22(19(2)15-20)31(44)39-10-12-40(13-11-39)32(45)24-16-21(43)18-42(24)33(46)47/h1,4-9,15,17,21,24,43H,10-14,16,18H2,2H3,(H,36,38)(H,46,47)/t21-,24+/m1/s1. The Morgan fingerprint density at radius 2 is 1.83 bits per heavy atom. The van der Waals surface area contributed by atoms with Crippen molar-refractivity contribution >= 4 is 35.1 Å². The minimum Gasteiger partial charge on any atom is -0.478 e. The Morgan fingerprint density at radius 1 is 1.08 bits per heavy atom. The third-order valence-electron chi connectivity index (χ3n) is 8.47. The van der Waals surface area contributed by atoms with Crippen LogP contribution in [0.5, 0.6) is 5.75 Å². The number of nitrogens with one attached hydrogen (secondary N) is 1. The van der Waals surface area contributed by atoms with Crippen LogP contribution in [0, 0.1) is 30.9 Å². The van der Waals surface area contributed by atoms with E-state index in [0.717, 1.165) is 4.90 Å². The highest BCUT2D eigenvalue weighted by molar-refractivity contribution is 5.96. The number of halogens is 2. The summed E-state index contributed by atoms with van der Waals surface area (Å²) in [6.07, 6.45) is 7.51. The fourth-order valence-corrected chi connectivity index (χ4v) is 6.06. The number of carbonyl (C=O) groups excluding carboxylic acids is 2. The van der Waals surface area contributed by atoms with E-state index in [1.165, 1.54) is 29.4 Å². The molecule has 0 unspecified atom stereocenters. The molecule has 2 saturated heterocycles. The number of hydrogen-bond acceptors (Lipinski definition) is 8. The zero-order chi connectivity index (χ0) is 34.1. The monoisotopic (exact) mass is 659 g/mol. The second kappa shape index (κ2) is 13.2. The van der Waals surface area contributed by atoms with E-state index in [1.807, 2.05) is 0 Å². The maximum absolute atomic E-state index is 15.0. The molecule has 3 amide bonds. The molecule has 4 heterocycles. The molecule has 2 aliphatic rings. The Bertz CT molecular complexity index is 1950. The average molecular weight is 660 g/mol. The summed E-state index contributed by atoms with van der Waals surface area (Å²) >= 11 is 0. The number of terminal acetylenes is 1. The molecule has 0 radical (unpaired) electrons. The molecule has 13 nitrogen and oxygen atoms in total. The molecule has 48 heavy (non-hydrogen) atoms. The van der Waals surface area contributed by atoms with Crippen LogP contribution in [0.4, 0.5) is 25.1 Å². The summed E-state index contributed by atoms with van der Waals surface area (Å²) in [7, 11) is 0. The highest BCUT2D eigenvalue weighted by atomic mass is 19.2. The topological polar surface area (TPSA) is 153 Å². The Labute approximate surface area is 273 Å². The second-order valence-corrected chi connectivity index (χ2v) is 11.5. The van der Waals surface area contributed by atoms with Crippen molar-refractivity contribution in [3.63, 3.8) is 0 Å². The SMILES string of the molecule is C#CCOc1ccc(-c2cnc3c(Nc4ccc(C(=O)N5CCN(C(=O)[C@@H]6C[C@@H](O)CN6C(=O)O)CC5)c(C)c4)nccn23)c(F)c1F. The van der Waals surface area contributed by atoms with Crippen molar-refractivity contribution in [2.24, 2.45) is 0 Å². The molecule has 248 valence electrons. The number of amides is 3. The van der Waals surface area contributed by atoms with Crippen LogP contribution >= 0.6 is 0 Å². The lowest BCUT2D eigenvalue weighted by molar-refractivity contribution is -0.137. The molecule has 4 aromatic rings. The van der Waals surface area contributed by atoms with E-state index >= 15 is 4.39 Å². The average Bonchev–Trinajstić information content (AvgIpc) is 3.69. The number of hydrogen-bond donors (Lipinski definition) is 3. The van der Waals surface area contributed by atoms with Crippen LogP contribution in [-0.2, 0) is 4.79 Å². The molecule has 0 bridgehead atoms. The van der Waals surface area contributed by atoms with Gasteiger partial charge in [-0.15, -0.1) is 6.42 Å². The number of likely N-dealkylation sites (tertiary alicyclic amines) is 1. The zero-order valence-corrected chi connectivity index (χ0v) is 25.8. The van der Waals surface area contributed by atoms with Gasteiger partial charge in [0, 0.05) is 61.8 Å². The van der Waals surface area contributed by atoms with Gasteiger partial charge in [0.2, 0.25) is 11.7 Å². The van der Waals surface area contributed by atoms with E-state index in [1.54, 1.807) is 40.6 Å². The van der Waals surface area contributed by atoms with Crippen molar-refractivity contribution in [3.8, 4) is 29.4 Å². The Kier molecular flexibility index (Phi) is 8.83. The van der Waals surface area contributed by atoms with Crippen LogP contribution in [-0.4, -0.2) is 109 Å². The summed E-state index contributed by atoms with van der Waals surface area (Å²) in [5, 5.41) is 22.5. The number of nitrogens with zero attached hydrogens (tertiary/aromatic N) is 6. The minimum atomic E-state index is -1.25. The fraction of sp³-hybridized carbons (Fsp3) is 0.303. The third kappa shape index (κ3) is 6.05. The molecule has 6 rings (SSSR count). The van der Waals surface area contributed by atoms with Crippen molar-refractivity contribution in [3.05, 3.63) is 71.7 Å². The summed E-state index contributed by atoms with van der Waals surface area (Å²) in [4.78, 5) is 50.9. The minimum absolute atomic E-state index is 0.0336. The summed E-state index contributed by atoms with van der Waals surface area (Å²) in [5.41, 5.74) is 2.37. The molecule has 2 aromatic heterocycles. The molecule has 0 aliphatic carbocycles. The summed E-state index contributed by atoms with van der Waals surface area (Å²) in [6.45, 7) is 2.50. The molecule has 3 N–H and O–H groups in total. The molecule has 2 atom stereocenters. The Balaban J connectivity index is 1.13. The highest BCUT2D eigenvalue weighted by Gasteiger charge is 2.41. The second-order valence-electron chi connectivity index (χ2n) is 11.5. The van der Waals surface area contributed by atoms with Crippen molar-refractivity contribution in [1.82, 2.24) is 29.1 Å². The van der Waals surface area contributed by atoms with Gasteiger partial charge in [0.15, 0.2) is 23.0 Å². The van der Waals surface area contributed by atoms with Gasteiger partial charge in [0.1, 0.15) is 12.6 Å². The van der Waals surface area contributed by atoms with Gasteiger partial charge in [-0.1, -0.05) is 5.92 Å². The first-order valence-corrected chi connectivity index (χ1v) is 15.1. The molecule has 2 aliphatic heterocycles. The number of aromatic nitrogens is 3. The van der Waals surface area contributed by atoms with Crippen LogP contribution < -0.4 is 10.1 Å². The van der Waals surface area contributed by atoms with Crippen LogP contribution in [0.25, 0.3) is 16.9 Å². The first-order valence-electron chi connectivity index (χ1n) is 15.1. The molecule has 0 spiro atoms. The van der Waals surface area contributed by atoms with E-state index in [-0.39, 0.29) is 74.6 Å². The van der Waals surface area contributed by atoms with Gasteiger partial charge in [-0.2, -0.15) is 4.39 Å². The Morgan fingerprint density at radius 3 is 2.54 bits per heavy atom. The smallest absolute Gasteiger partial charge is 0.408 e. The lowest BCUT2D eigenvalue weighted by Gasteiger charge is -2.37. The van der Waals surface area contributed by atoms with E-state index in [2.05, 4.69) is 21.2 Å². The van der Waals surface area contributed by atoms with Gasteiger partial charge in [-0.05, 0) is 42.8 Å². The lowest BCUT2D eigenvalue weighted by atomic mass is 10.1. The van der Waals surface area contributed by atoms with Crippen LogP contribution in [0.1, 0.15) is 22.3 Å². The number of aliphatic hydroxyl groups excluding tert-OH is 1. The number of fused-ring (bicyclic) bond motifs is 1. The highest BCUT2D eigenvalue weighted by Crippen LogP contribution is 2.32. The molecule has 2 aromatic carbocycles. The molecule has 15 heteroatoms. The maximum Gasteiger partial charge on any atom is 0.408 e. The van der Waals surface area contributed by atoms with E-state index in [9.17, 15) is 29.0 Å². The van der Waals surface area contributed by atoms with Gasteiger partial charge in [0.25, 0.3) is 5.91 Å². The number of anilines is 2. The summed E-state index contributed by atoms with van der Waals surface area (Å²) in [6, 6.07) is 6.91. The maximum atomic E-state index is 15.0. The first kappa shape index (κ1) is 32.2. The molecule has 2 fully saturated rings. The predicted molar refractivity (Wildman–Crippen MR) is 169 cm³/mol. The van der Waals surface area contributed by atoms with Gasteiger partial charge in [0.05, 0.1) is 24.5 Å². The molecular weight excluding hydrogens is 628 g/mol. The fourth-order valence-electron chi connectivity index (χ4n) is 6.06. The van der Waals surface area contributed by atoms with Crippen molar-refractivity contribution < 1.29 is 38.1 Å². The largest absolute Gasteiger partial charge is 0.478 e. The summed E-state index contributed by atoms with van der Waals surface area (Å²) < 4.78 is 36.3. The number of benzene rings is 2. The normalized spacial score (nSPS) is 17.8. The number of piperazine rings is 1. The van der Waals surface area contributed by atoms with Crippen molar-refractivity contribution in [2.45, 2.75) is 25.5 Å². The number of ether oxygens (including phenoxy) is 1. The number of aryl methyl sites for hydroxylation is 1. The number of rotatable bonds is 7. The predicted octanol–water partition coefficient (Wildman–Crippen LogP) is 3.14. The first-order chi connectivity index (χ1) is 23.1. The number of carbonyl (C=O) groups is 3.